The maximum Gasteiger partial charge on any atom is 0.240 e. The molecule has 1 aromatic carbocycles. The molecular weight excluding hydrogens is 260 g/mol. The molecule has 0 bridgehead atoms. The minimum absolute atomic E-state index is 0.0276. The molecular formula is C15H19ClN2O. The van der Waals surface area contributed by atoms with Gasteiger partial charge in [-0.05, 0) is 49.9 Å². The van der Waals surface area contributed by atoms with Crippen molar-refractivity contribution in [3.63, 3.8) is 0 Å². The molecule has 3 rings (SSSR count). The van der Waals surface area contributed by atoms with Crippen LogP contribution < -0.4 is 5.32 Å². The van der Waals surface area contributed by atoms with Crippen LogP contribution in [0.1, 0.15) is 37.3 Å². The molecule has 2 atom stereocenters. The summed E-state index contributed by atoms with van der Waals surface area (Å²) in [5, 5.41) is 4.05. The molecule has 4 heteroatoms. The summed E-state index contributed by atoms with van der Waals surface area (Å²) in [6, 6.07) is 8.13. The summed E-state index contributed by atoms with van der Waals surface area (Å²) in [5.41, 5.74) is 1.16. The third-order valence-corrected chi connectivity index (χ3v) is 4.36. The van der Waals surface area contributed by atoms with Crippen LogP contribution in [-0.4, -0.2) is 29.9 Å². The van der Waals surface area contributed by atoms with E-state index in [1.54, 1.807) is 0 Å². The van der Waals surface area contributed by atoms with Crippen LogP contribution in [0.2, 0.25) is 5.02 Å². The van der Waals surface area contributed by atoms with Gasteiger partial charge < -0.3 is 10.2 Å². The molecule has 2 aliphatic heterocycles. The number of halogens is 1. The summed E-state index contributed by atoms with van der Waals surface area (Å²) >= 11 is 6.06. The third kappa shape index (κ3) is 2.63. The molecule has 0 spiro atoms. The highest BCUT2D eigenvalue weighted by Crippen LogP contribution is 2.33. The van der Waals surface area contributed by atoms with E-state index < -0.39 is 0 Å². The minimum Gasteiger partial charge on any atom is -0.334 e. The van der Waals surface area contributed by atoms with Crippen LogP contribution in [0.15, 0.2) is 24.3 Å². The van der Waals surface area contributed by atoms with Gasteiger partial charge in [-0.15, -0.1) is 0 Å². The van der Waals surface area contributed by atoms with Crippen molar-refractivity contribution in [3.05, 3.63) is 34.9 Å². The second kappa shape index (κ2) is 5.51. The highest BCUT2D eigenvalue weighted by molar-refractivity contribution is 6.30. The fraction of sp³-hybridized carbons (Fsp3) is 0.533. The number of nitrogens with zero attached hydrogens (tertiary/aromatic N) is 1. The first-order valence-electron chi connectivity index (χ1n) is 7.05. The molecule has 0 aliphatic carbocycles. The fourth-order valence-corrected chi connectivity index (χ4v) is 3.39. The first kappa shape index (κ1) is 12.9. The molecule has 1 amide bonds. The highest BCUT2D eigenvalue weighted by atomic mass is 35.5. The predicted molar refractivity (Wildman–Crippen MR) is 76.2 cm³/mol. The molecule has 1 aromatic rings. The monoisotopic (exact) mass is 278 g/mol. The van der Waals surface area contributed by atoms with Gasteiger partial charge in [0.05, 0.1) is 12.1 Å². The number of hydrogen-bond acceptors (Lipinski definition) is 2. The lowest BCUT2D eigenvalue weighted by molar-refractivity contribution is -0.134. The molecule has 0 saturated carbocycles. The molecule has 3 nitrogen and oxygen atoms in total. The van der Waals surface area contributed by atoms with Gasteiger partial charge in [-0.2, -0.15) is 0 Å². The Kier molecular flexibility index (Phi) is 3.76. The Bertz CT molecular complexity index is 471. The Morgan fingerprint density at radius 3 is 2.95 bits per heavy atom. The smallest absolute Gasteiger partial charge is 0.240 e. The standard InChI is InChI=1S/C15H19ClN2O/c16-12-5-1-4-11(10-12)14-7-3-9-18(14)15(19)13-6-2-8-17-13/h1,4-5,10,13-14,17H,2-3,6-9H2. The quantitative estimate of drug-likeness (QED) is 0.902. The number of rotatable bonds is 2. The summed E-state index contributed by atoms with van der Waals surface area (Å²) in [7, 11) is 0. The van der Waals surface area contributed by atoms with Crippen molar-refractivity contribution in [1.29, 1.82) is 0 Å². The van der Waals surface area contributed by atoms with Crippen molar-refractivity contribution in [1.82, 2.24) is 10.2 Å². The average molecular weight is 279 g/mol. The van der Waals surface area contributed by atoms with E-state index in [9.17, 15) is 4.79 Å². The van der Waals surface area contributed by atoms with Gasteiger partial charge in [0.1, 0.15) is 0 Å². The number of benzene rings is 1. The van der Waals surface area contributed by atoms with Crippen molar-refractivity contribution in [2.45, 2.75) is 37.8 Å². The van der Waals surface area contributed by atoms with E-state index >= 15 is 0 Å². The van der Waals surface area contributed by atoms with Crippen molar-refractivity contribution < 1.29 is 4.79 Å². The van der Waals surface area contributed by atoms with E-state index in [4.69, 9.17) is 11.6 Å². The van der Waals surface area contributed by atoms with Gasteiger partial charge in [0.2, 0.25) is 5.91 Å². The summed E-state index contributed by atoms with van der Waals surface area (Å²) < 4.78 is 0. The van der Waals surface area contributed by atoms with Gasteiger partial charge in [-0.1, -0.05) is 23.7 Å². The van der Waals surface area contributed by atoms with E-state index in [1.165, 1.54) is 0 Å². The first-order valence-corrected chi connectivity index (χ1v) is 7.43. The Labute approximate surface area is 118 Å². The Morgan fingerprint density at radius 1 is 1.32 bits per heavy atom. The van der Waals surface area contributed by atoms with Crippen molar-refractivity contribution in [2.75, 3.05) is 13.1 Å². The van der Waals surface area contributed by atoms with E-state index in [1.807, 2.05) is 23.1 Å². The van der Waals surface area contributed by atoms with Gasteiger partial charge in [0.15, 0.2) is 0 Å². The lowest BCUT2D eigenvalue weighted by atomic mass is 10.0. The SMILES string of the molecule is O=C(C1CCCN1)N1CCCC1c1cccc(Cl)c1. The number of amides is 1. The molecule has 2 unspecified atom stereocenters. The van der Waals surface area contributed by atoms with Crippen LogP contribution in [0, 0.1) is 0 Å². The molecule has 2 saturated heterocycles. The van der Waals surface area contributed by atoms with Crippen LogP contribution in [-0.2, 0) is 4.79 Å². The van der Waals surface area contributed by atoms with Crippen molar-refractivity contribution in [2.24, 2.45) is 0 Å². The minimum atomic E-state index is 0.0276. The van der Waals surface area contributed by atoms with E-state index in [2.05, 4.69) is 11.4 Å². The molecule has 2 aliphatic rings. The number of likely N-dealkylation sites (tertiary alicyclic amines) is 1. The molecule has 0 aromatic heterocycles. The summed E-state index contributed by atoms with van der Waals surface area (Å²) in [4.78, 5) is 14.6. The van der Waals surface area contributed by atoms with Gasteiger partial charge in [0, 0.05) is 11.6 Å². The van der Waals surface area contributed by atoms with Crippen LogP contribution in [0.5, 0.6) is 0 Å². The lowest BCUT2D eigenvalue weighted by Crippen LogP contribution is -2.43. The predicted octanol–water partition coefficient (Wildman–Crippen LogP) is 2.76. The summed E-state index contributed by atoms with van der Waals surface area (Å²) in [6.07, 6.45) is 4.19. The third-order valence-electron chi connectivity index (χ3n) is 4.13. The number of hydrogen-bond donors (Lipinski definition) is 1. The number of nitrogens with one attached hydrogen (secondary N) is 1. The van der Waals surface area contributed by atoms with Gasteiger partial charge in [-0.3, -0.25) is 4.79 Å². The maximum absolute atomic E-state index is 12.5. The topological polar surface area (TPSA) is 32.3 Å². The van der Waals surface area contributed by atoms with Gasteiger partial charge in [-0.25, -0.2) is 0 Å². The van der Waals surface area contributed by atoms with Crippen molar-refractivity contribution in [3.8, 4) is 0 Å². The molecule has 19 heavy (non-hydrogen) atoms. The molecule has 0 radical (unpaired) electrons. The lowest BCUT2D eigenvalue weighted by Gasteiger charge is -2.28. The number of carbonyl (C=O) groups is 1. The zero-order valence-electron chi connectivity index (χ0n) is 10.9. The average Bonchev–Trinajstić information content (AvgIpc) is 3.09. The van der Waals surface area contributed by atoms with Crippen LogP contribution >= 0.6 is 11.6 Å². The van der Waals surface area contributed by atoms with Crippen LogP contribution in [0.4, 0.5) is 0 Å². The van der Waals surface area contributed by atoms with Crippen LogP contribution in [0.25, 0.3) is 0 Å². The summed E-state index contributed by atoms with van der Waals surface area (Å²) in [6.45, 7) is 1.83. The largest absolute Gasteiger partial charge is 0.334 e. The zero-order valence-corrected chi connectivity index (χ0v) is 11.7. The second-order valence-corrected chi connectivity index (χ2v) is 5.83. The van der Waals surface area contributed by atoms with E-state index in [0.717, 1.165) is 49.4 Å². The first-order chi connectivity index (χ1) is 9.25. The zero-order chi connectivity index (χ0) is 13.2. The molecule has 2 fully saturated rings. The van der Waals surface area contributed by atoms with Crippen molar-refractivity contribution >= 4 is 17.5 Å². The van der Waals surface area contributed by atoms with E-state index in [0.29, 0.717) is 0 Å². The van der Waals surface area contributed by atoms with Gasteiger partial charge >= 0.3 is 0 Å². The normalized spacial score (nSPS) is 26.9. The summed E-state index contributed by atoms with van der Waals surface area (Å²) in [5.74, 6) is 0.264. The Morgan fingerprint density at radius 2 is 2.21 bits per heavy atom. The van der Waals surface area contributed by atoms with Crippen LogP contribution in [0.3, 0.4) is 0 Å². The fourth-order valence-electron chi connectivity index (χ4n) is 3.19. The van der Waals surface area contributed by atoms with E-state index in [-0.39, 0.29) is 18.0 Å². The Hall–Kier alpha value is -1.06. The Balaban J connectivity index is 1.79. The molecule has 2 heterocycles. The second-order valence-electron chi connectivity index (χ2n) is 5.39. The number of carbonyl (C=O) groups excluding carboxylic acids is 1. The van der Waals surface area contributed by atoms with Gasteiger partial charge in [0.25, 0.3) is 0 Å². The maximum atomic E-state index is 12.5. The molecule has 102 valence electrons. The highest BCUT2D eigenvalue weighted by Gasteiger charge is 2.34. The molecule has 1 N–H and O–H groups in total.